The minimum Gasteiger partial charge on any atom is -0.396 e. The van der Waals surface area contributed by atoms with Crippen molar-refractivity contribution >= 4 is 51.6 Å². The molecule has 1 aliphatic rings. The van der Waals surface area contributed by atoms with Gasteiger partial charge < -0.3 is 15.5 Å². The van der Waals surface area contributed by atoms with Crippen LogP contribution in [0.2, 0.25) is 10.0 Å². The summed E-state index contributed by atoms with van der Waals surface area (Å²) in [6.45, 7) is 1.84. The third-order valence-corrected chi connectivity index (χ3v) is 4.01. The van der Waals surface area contributed by atoms with Crippen LogP contribution in [0.15, 0.2) is 14.8 Å². The van der Waals surface area contributed by atoms with Gasteiger partial charge in [0, 0.05) is 12.0 Å². The Morgan fingerprint density at radius 1 is 1.21 bits per heavy atom. The first-order valence-corrected chi connectivity index (χ1v) is 7.05. The first-order valence-electron chi connectivity index (χ1n) is 5.56. The molecule has 0 radical (unpaired) electrons. The SMILES string of the molecule is CC(CO)(CO)CNc1c(Cl)cc(Cl)c2c1N=S=N2. The first-order chi connectivity index (χ1) is 9.00. The molecule has 0 unspecified atom stereocenters. The highest BCUT2D eigenvalue weighted by Crippen LogP contribution is 2.47. The normalized spacial score (nSPS) is 13.3. The third kappa shape index (κ3) is 2.93. The summed E-state index contributed by atoms with van der Waals surface area (Å²) in [5.41, 5.74) is 1.16. The van der Waals surface area contributed by atoms with Gasteiger partial charge in [0.05, 0.1) is 40.3 Å². The number of rotatable bonds is 5. The second kappa shape index (κ2) is 5.76. The van der Waals surface area contributed by atoms with Gasteiger partial charge in [0.1, 0.15) is 11.4 Å². The van der Waals surface area contributed by atoms with Crippen LogP contribution in [0.1, 0.15) is 6.92 Å². The van der Waals surface area contributed by atoms with Crippen LogP contribution in [-0.4, -0.2) is 30.0 Å². The molecule has 0 atom stereocenters. The number of aliphatic hydroxyl groups is 2. The largest absolute Gasteiger partial charge is 0.396 e. The predicted molar refractivity (Wildman–Crippen MR) is 78.8 cm³/mol. The molecule has 2 rings (SSSR count). The Morgan fingerprint density at radius 2 is 1.84 bits per heavy atom. The molecule has 0 saturated heterocycles. The smallest absolute Gasteiger partial charge is 0.130 e. The van der Waals surface area contributed by atoms with Crippen molar-refractivity contribution in [3.8, 4) is 0 Å². The zero-order valence-corrected chi connectivity index (χ0v) is 12.5. The Morgan fingerprint density at radius 3 is 2.47 bits per heavy atom. The highest BCUT2D eigenvalue weighted by atomic mass is 35.5. The standard InChI is InChI=1S/C11H13Cl2N3O2S/c1-11(4-17,5-18)3-14-8-6(12)2-7(13)9-10(8)16-19-15-9/h2,14,17-18H,3-5H2,1H3. The van der Waals surface area contributed by atoms with Gasteiger partial charge in [-0.1, -0.05) is 30.1 Å². The van der Waals surface area contributed by atoms with E-state index in [1.54, 1.807) is 13.0 Å². The molecule has 0 aromatic heterocycles. The number of benzene rings is 1. The van der Waals surface area contributed by atoms with Gasteiger partial charge in [-0.3, -0.25) is 0 Å². The summed E-state index contributed by atoms with van der Waals surface area (Å²) in [6, 6.07) is 1.60. The van der Waals surface area contributed by atoms with Gasteiger partial charge in [0.2, 0.25) is 0 Å². The van der Waals surface area contributed by atoms with Crippen molar-refractivity contribution in [2.75, 3.05) is 25.1 Å². The lowest BCUT2D eigenvalue weighted by molar-refractivity contribution is 0.0807. The van der Waals surface area contributed by atoms with Crippen LogP contribution in [0.25, 0.3) is 0 Å². The lowest BCUT2D eigenvalue weighted by Crippen LogP contribution is -2.34. The maximum Gasteiger partial charge on any atom is 0.130 e. The van der Waals surface area contributed by atoms with E-state index >= 15 is 0 Å². The Balaban J connectivity index is 2.28. The van der Waals surface area contributed by atoms with Crippen molar-refractivity contribution < 1.29 is 10.2 Å². The average molecular weight is 322 g/mol. The Bertz CT molecular complexity index is 570. The van der Waals surface area contributed by atoms with Crippen molar-refractivity contribution in [3.63, 3.8) is 0 Å². The topological polar surface area (TPSA) is 77.2 Å². The fraction of sp³-hybridized carbons (Fsp3) is 0.455. The minimum absolute atomic E-state index is 0.139. The average Bonchev–Trinajstić information content (AvgIpc) is 2.87. The van der Waals surface area contributed by atoms with Gasteiger partial charge in [-0.2, -0.15) is 8.73 Å². The van der Waals surface area contributed by atoms with E-state index in [2.05, 4.69) is 14.0 Å². The van der Waals surface area contributed by atoms with Gasteiger partial charge in [-0.15, -0.1) is 0 Å². The summed E-state index contributed by atoms with van der Waals surface area (Å²) in [5.74, 6) is 0. The quantitative estimate of drug-likeness (QED) is 0.791. The molecule has 3 N–H and O–H groups in total. The fourth-order valence-corrected chi connectivity index (χ4v) is 2.68. The van der Waals surface area contributed by atoms with Crippen LogP contribution in [-0.2, 0) is 11.4 Å². The molecule has 0 saturated carbocycles. The van der Waals surface area contributed by atoms with E-state index in [0.717, 1.165) is 11.4 Å². The molecule has 0 bridgehead atoms. The maximum atomic E-state index is 9.27. The van der Waals surface area contributed by atoms with Crippen molar-refractivity contribution in [2.24, 2.45) is 14.1 Å². The van der Waals surface area contributed by atoms with Crippen LogP contribution in [0, 0.1) is 5.41 Å². The van der Waals surface area contributed by atoms with E-state index in [9.17, 15) is 10.2 Å². The van der Waals surface area contributed by atoms with Crippen molar-refractivity contribution in [2.45, 2.75) is 6.92 Å². The molecule has 104 valence electrons. The van der Waals surface area contributed by atoms with E-state index in [4.69, 9.17) is 23.2 Å². The van der Waals surface area contributed by atoms with E-state index in [0.29, 0.717) is 33.7 Å². The molecular weight excluding hydrogens is 309 g/mol. The summed E-state index contributed by atoms with van der Waals surface area (Å²) in [5, 5.41) is 22.5. The van der Waals surface area contributed by atoms with Crippen molar-refractivity contribution in [1.29, 1.82) is 0 Å². The number of hydrogen-bond acceptors (Lipinski definition) is 5. The van der Waals surface area contributed by atoms with Crippen molar-refractivity contribution in [1.82, 2.24) is 0 Å². The zero-order valence-electron chi connectivity index (χ0n) is 10.2. The van der Waals surface area contributed by atoms with Gasteiger partial charge in [-0.05, 0) is 6.07 Å². The lowest BCUT2D eigenvalue weighted by atomic mass is 9.93. The molecule has 1 aromatic carbocycles. The van der Waals surface area contributed by atoms with E-state index in [-0.39, 0.29) is 13.2 Å². The first kappa shape index (κ1) is 14.7. The van der Waals surface area contributed by atoms with E-state index in [1.807, 2.05) is 0 Å². The molecule has 0 aliphatic carbocycles. The molecule has 1 heterocycles. The zero-order chi connectivity index (χ0) is 14.0. The van der Waals surface area contributed by atoms with Crippen LogP contribution in [0.4, 0.5) is 17.1 Å². The molecule has 8 heteroatoms. The number of nitrogens with one attached hydrogen (secondary N) is 1. The number of aliphatic hydroxyl groups excluding tert-OH is 2. The molecule has 1 aliphatic heterocycles. The molecule has 1 aromatic rings. The minimum atomic E-state index is -0.640. The summed E-state index contributed by atoms with van der Waals surface area (Å²) in [7, 11) is 0. The summed E-state index contributed by atoms with van der Waals surface area (Å²) < 4.78 is 8.27. The number of anilines is 1. The third-order valence-electron chi connectivity index (χ3n) is 2.90. The van der Waals surface area contributed by atoms with Crippen molar-refractivity contribution in [3.05, 3.63) is 16.1 Å². The van der Waals surface area contributed by atoms with Crippen LogP contribution >= 0.6 is 23.2 Å². The summed E-state index contributed by atoms with van der Waals surface area (Å²) in [6.07, 6.45) is 0. The lowest BCUT2D eigenvalue weighted by Gasteiger charge is -2.26. The highest BCUT2D eigenvalue weighted by molar-refractivity contribution is 7.58. The monoisotopic (exact) mass is 321 g/mol. The summed E-state index contributed by atoms with van der Waals surface area (Å²) >= 11 is 13.2. The van der Waals surface area contributed by atoms with Crippen LogP contribution in [0.3, 0.4) is 0 Å². The Hall–Kier alpha value is -0.660. The van der Waals surface area contributed by atoms with E-state index in [1.165, 1.54) is 0 Å². The predicted octanol–water partition coefficient (Wildman–Crippen LogP) is 3.12. The second-order valence-corrected chi connectivity index (χ2v) is 6.00. The maximum absolute atomic E-state index is 9.27. The Labute approximate surface area is 124 Å². The molecule has 0 amide bonds. The van der Waals surface area contributed by atoms with Gasteiger partial charge in [-0.25, -0.2) is 0 Å². The Kier molecular flexibility index (Phi) is 4.47. The van der Waals surface area contributed by atoms with Gasteiger partial charge >= 0.3 is 0 Å². The van der Waals surface area contributed by atoms with E-state index < -0.39 is 5.41 Å². The molecule has 5 nitrogen and oxygen atoms in total. The summed E-state index contributed by atoms with van der Waals surface area (Å²) in [4.78, 5) is 0. The fourth-order valence-electron chi connectivity index (χ4n) is 1.51. The molecule has 19 heavy (non-hydrogen) atoms. The second-order valence-electron chi connectivity index (χ2n) is 4.66. The molecular formula is C11H13Cl2N3O2S. The highest BCUT2D eigenvalue weighted by Gasteiger charge is 2.25. The number of halogens is 2. The van der Waals surface area contributed by atoms with Gasteiger partial charge in [0.25, 0.3) is 0 Å². The number of nitrogens with zero attached hydrogens (tertiary/aromatic N) is 2. The number of fused-ring (bicyclic) bond motifs is 1. The van der Waals surface area contributed by atoms with Crippen LogP contribution in [0.5, 0.6) is 0 Å². The van der Waals surface area contributed by atoms with Crippen LogP contribution < -0.4 is 5.32 Å². The molecule has 0 fully saturated rings. The van der Waals surface area contributed by atoms with Gasteiger partial charge in [0.15, 0.2) is 0 Å². The molecule has 0 spiro atoms. The number of hydrogen-bond donors (Lipinski definition) is 3.